The summed E-state index contributed by atoms with van der Waals surface area (Å²) in [5.74, 6) is -0.619. The lowest BCUT2D eigenvalue weighted by molar-refractivity contribution is -0.141. The van der Waals surface area contributed by atoms with E-state index in [-0.39, 0.29) is 16.3 Å². The SMILES string of the molecule is CS(=O)(=O)c1ccc(-n2nc(C(F)(F)F)cc2OCc2cccc(C(F)(F)F)c2)nc1. The average molecular weight is 465 g/mol. The molecule has 13 heteroatoms. The monoisotopic (exact) mass is 465 g/mol. The molecule has 0 N–H and O–H groups in total. The van der Waals surface area contributed by atoms with Gasteiger partial charge in [0.1, 0.15) is 6.61 Å². The maximum atomic E-state index is 13.1. The third-order valence-electron chi connectivity index (χ3n) is 3.97. The Balaban J connectivity index is 1.94. The molecule has 0 fully saturated rings. The van der Waals surface area contributed by atoms with Crippen LogP contribution >= 0.6 is 0 Å². The molecule has 31 heavy (non-hydrogen) atoms. The first-order valence-corrected chi connectivity index (χ1v) is 10.3. The van der Waals surface area contributed by atoms with Crippen LogP contribution in [0, 0.1) is 0 Å². The van der Waals surface area contributed by atoms with Gasteiger partial charge in [-0.25, -0.2) is 13.4 Å². The van der Waals surface area contributed by atoms with Crippen LogP contribution in [0.25, 0.3) is 5.82 Å². The van der Waals surface area contributed by atoms with Crippen LogP contribution in [0.5, 0.6) is 5.88 Å². The first-order chi connectivity index (χ1) is 14.2. The number of hydrogen-bond acceptors (Lipinski definition) is 5. The van der Waals surface area contributed by atoms with Gasteiger partial charge in [0.2, 0.25) is 5.88 Å². The highest BCUT2D eigenvalue weighted by atomic mass is 32.2. The van der Waals surface area contributed by atoms with E-state index in [1.54, 1.807) is 0 Å². The molecule has 0 spiro atoms. The topological polar surface area (TPSA) is 74.1 Å². The molecule has 3 aromatic rings. The lowest BCUT2D eigenvalue weighted by atomic mass is 10.1. The minimum absolute atomic E-state index is 0.0662. The molecule has 0 aliphatic rings. The first-order valence-electron chi connectivity index (χ1n) is 8.38. The van der Waals surface area contributed by atoms with Crippen LogP contribution in [0.1, 0.15) is 16.8 Å². The number of aromatic nitrogens is 3. The van der Waals surface area contributed by atoms with E-state index in [0.717, 1.165) is 42.8 Å². The Hall–Kier alpha value is -3.09. The van der Waals surface area contributed by atoms with Crippen LogP contribution in [0.2, 0.25) is 0 Å². The Labute approximate surface area is 172 Å². The number of ether oxygens (including phenoxy) is 1. The van der Waals surface area contributed by atoms with Gasteiger partial charge in [-0.15, -0.1) is 0 Å². The van der Waals surface area contributed by atoms with Gasteiger partial charge in [-0.2, -0.15) is 36.1 Å². The van der Waals surface area contributed by atoms with Crippen molar-refractivity contribution in [2.75, 3.05) is 6.26 Å². The number of nitrogens with zero attached hydrogens (tertiary/aromatic N) is 3. The van der Waals surface area contributed by atoms with Crippen molar-refractivity contribution in [1.29, 1.82) is 0 Å². The van der Waals surface area contributed by atoms with E-state index in [1.807, 2.05) is 0 Å². The molecule has 0 aliphatic carbocycles. The predicted molar refractivity (Wildman–Crippen MR) is 95.2 cm³/mol. The highest BCUT2D eigenvalue weighted by Gasteiger charge is 2.36. The molecule has 0 atom stereocenters. The van der Waals surface area contributed by atoms with Gasteiger partial charge in [0.05, 0.1) is 10.5 Å². The van der Waals surface area contributed by atoms with Crippen LogP contribution in [-0.2, 0) is 28.8 Å². The minimum Gasteiger partial charge on any atom is -0.473 e. The molecular formula is C18H13F6N3O3S. The van der Waals surface area contributed by atoms with E-state index in [9.17, 15) is 34.8 Å². The first kappa shape index (κ1) is 22.6. The van der Waals surface area contributed by atoms with E-state index in [4.69, 9.17) is 4.74 Å². The van der Waals surface area contributed by atoms with Crippen molar-refractivity contribution < 1.29 is 39.5 Å². The molecule has 6 nitrogen and oxygen atoms in total. The third kappa shape index (κ3) is 5.34. The standard InChI is InChI=1S/C18H13F6N3O3S/c1-31(28,29)13-5-6-15(25-9-13)27-16(8-14(26-27)18(22,23)24)30-10-11-3-2-4-12(7-11)17(19,20)21/h2-9H,10H2,1H3. The Morgan fingerprint density at radius 2 is 1.71 bits per heavy atom. The number of benzene rings is 1. The summed E-state index contributed by atoms with van der Waals surface area (Å²) in [4.78, 5) is 3.64. The number of sulfone groups is 1. The second-order valence-corrected chi connectivity index (χ2v) is 8.40. The summed E-state index contributed by atoms with van der Waals surface area (Å²) >= 11 is 0. The van der Waals surface area contributed by atoms with Gasteiger partial charge < -0.3 is 4.74 Å². The number of hydrogen-bond donors (Lipinski definition) is 0. The second-order valence-electron chi connectivity index (χ2n) is 6.39. The van der Waals surface area contributed by atoms with Gasteiger partial charge in [0.25, 0.3) is 0 Å². The quantitative estimate of drug-likeness (QED) is 0.526. The van der Waals surface area contributed by atoms with Crippen LogP contribution in [0.15, 0.2) is 53.6 Å². The Kier molecular flexibility index (Phi) is 5.74. The van der Waals surface area contributed by atoms with Gasteiger partial charge in [0.15, 0.2) is 21.3 Å². The molecule has 1 aromatic carbocycles. The predicted octanol–water partition coefficient (Wildman–Crippen LogP) is 4.29. The smallest absolute Gasteiger partial charge is 0.435 e. The molecule has 0 unspecified atom stereocenters. The number of pyridine rings is 1. The Morgan fingerprint density at radius 3 is 2.26 bits per heavy atom. The van der Waals surface area contributed by atoms with Crippen molar-refractivity contribution in [2.24, 2.45) is 0 Å². The zero-order valence-corrected chi connectivity index (χ0v) is 16.4. The van der Waals surface area contributed by atoms with E-state index >= 15 is 0 Å². The molecule has 0 bridgehead atoms. The fourth-order valence-electron chi connectivity index (χ4n) is 2.48. The molecule has 0 saturated heterocycles. The zero-order chi connectivity index (χ0) is 23.0. The maximum absolute atomic E-state index is 13.1. The summed E-state index contributed by atoms with van der Waals surface area (Å²) in [6.07, 6.45) is -7.54. The Morgan fingerprint density at radius 1 is 1.00 bits per heavy atom. The lowest BCUT2D eigenvalue weighted by Gasteiger charge is -2.11. The largest absolute Gasteiger partial charge is 0.473 e. The second kappa shape index (κ2) is 7.87. The number of rotatable bonds is 5. The summed E-state index contributed by atoms with van der Waals surface area (Å²) in [5, 5.41) is 3.39. The number of halogens is 6. The summed E-state index contributed by atoms with van der Waals surface area (Å²) in [6, 6.07) is 6.95. The minimum atomic E-state index is -4.83. The van der Waals surface area contributed by atoms with E-state index < -0.39 is 45.9 Å². The van der Waals surface area contributed by atoms with Crippen LogP contribution < -0.4 is 4.74 Å². The van der Waals surface area contributed by atoms with Crippen molar-refractivity contribution in [3.05, 3.63) is 65.5 Å². The van der Waals surface area contributed by atoms with Gasteiger partial charge in [0, 0.05) is 18.5 Å². The molecule has 0 aliphatic heterocycles. The van der Waals surface area contributed by atoms with Crippen LogP contribution in [0.3, 0.4) is 0 Å². The fourth-order valence-corrected chi connectivity index (χ4v) is 3.04. The third-order valence-corrected chi connectivity index (χ3v) is 5.07. The molecule has 0 amide bonds. The van der Waals surface area contributed by atoms with Gasteiger partial charge in [-0.3, -0.25) is 0 Å². The van der Waals surface area contributed by atoms with Crippen molar-refractivity contribution >= 4 is 9.84 Å². The van der Waals surface area contributed by atoms with E-state index in [0.29, 0.717) is 10.7 Å². The Bertz CT molecular complexity index is 1190. The van der Waals surface area contributed by atoms with Crippen molar-refractivity contribution in [1.82, 2.24) is 14.8 Å². The summed E-state index contributed by atoms with van der Waals surface area (Å²) < 4.78 is 107. The molecule has 3 rings (SSSR count). The maximum Gasteiger partial charge on any atom is 0.435 e. The normalized spacial score (nSPS) is 12.7. The van der Waals surface area contributed by atoms with E-state index in [1.165, 1.54) is 6.07 Å². The molecule has 0 saturated carbocycles. The van der Waals surface area contributed by atoms with Crippen molar-refractivity contribution in [3.8, 4) is 11.7 Å². The molecule has 0 radical (unpaired) electrons. The van der Waals surface area contributed by atoms with Gasteiger partial charge >= 0.3 is 12.4 Å². The molecular weight excluding hydrogens is 452 g/mol. The lowest BCUT2D eigenvalue weighted by Crippen LogP contribution is -2.09. The summed E-state index contributed by atoms with van der Waals surface area (Å²) in [5.41, 5.74) is -2.19. The summed E-state index contributed by atoms with van der Waals surface area (Å²) in [7, 11) is -3.59. The van der Waals surface area contributed by atoms with Crippen molar-refractivity contribution in [3.63, 3.8) is 0 Å². The van der Waals surface area contributed by atoms with Gasteiger partial charge in [-0.05, 0) is 29.8 Å². The number of alkyl halides is 6. The molecule has 2 aromatic heterocycles. The van der Waals surface area contributed by atoms with Crippen molar-refractivity contribution in [2.45, 2.75) is 23.9 Å². The molecule has 166 valence electrons. The summed E-state index contributed by atoms with van der Waals surface area (Å²) in [6.45, 7) is -0.478. The van der Waals surface area contributed by atoms with Gasteiger partial charge in [-0.1, -0.05) is 12.1 Å². The average Bonchev–Trinajstić information content (AvgIpc) is 3.10. The van der Waals surface area contributed by atoms with E-state index in [2.05, 4.69) is 10.1 Å². The molecule has 2 heterocycles. The van der Waals surface area contributed by atoms with Crippen LogP contribution in [0.4, 0.5) is 26.3 Å². The fraction of sp³-hybridized carbons (Fsp3) is 0.222. The highest BCUT2D eigenvalue weighted by molar-refractivity contribution is 7.90. The highest BCUT2D eigenvalue weighted by Crippen LogP contribution is 2.33. The zero-order valence-electron chi connectivity index (χ0n) is 15.6. The van der Waals surface area contributed by atoms with Crippen LogP contribution in [-0.4, -0.2) is 29.4 Å².